The Morgan fingerprint density at radius 2 is 1.23 bits per heavy atom. The first-order valence-electron chi connectivity index (χ1n) is 4.41. The molecule has 0 aromatic heterocycles. The molecule has 2 nitrogen and oxygen atoms in total. The summed E-state index contributed by atoms with van der Waals surface area (Å²) in [5.74, 6) is 0. The van der Waals surface area contributed by atoms with Gasteiger partial charge in [-0.3, -0.25) is 0 Å². The predicted octanol–water partition coefficient (Wildman–Crippen LogP) is 2.31. The molecule has 0 heterocycles. The van der Waals surface area contributed by atoms with Crippen LogP contribution in [0.25, 0.3) is 0 Å². The van der Waals surface area contributed by atoms with E-state index in [1.165, 1.54) is 0 Å². The molecule has 13 heavy (non-hydrogen) atoms. The fourth-order valence-electron chi connectivity index (χ4n) is 1.03. The van der Waals surface area contributed by atoms with Crippen molar-refractivity contribution >= 4 is 45.2 Å². The molecule has 0 fully saturated rings. The van der Waals surface area contributed by atoms with E-state index in [4.69, 9.17) is 0 Å². The van der Waals surface area contributed by atoms with Gasteiger partial charge in [0.25, 0.3) is 0 Å². The minimum Gasteiger partial charge on any atom is -0.322 e. The molecule has 1 atom stereocenters. The molecule has 0 spiro atoms. The minimum atomic E-state index is 0.230. The third kappa shape index (κ3) is 3.46. The lowest BCUT2D eigenvalue weighted by atomic mass is 10.2. The van der Waals surface area contributed by atoms with Gasteiger partial charge in [0, 0.05) is 45.2 Å². The van der Waals surface area contributed by atoms with Gasteiger partial charge in [-0.2, -0.15) is 0 Å². The lowest BCUT2D eigenvalue weighted by molar-refractivity contribution is -0.953. The fourth-order valence-corrected chi connectivity index (χ4v) is 2.70. The van der Waals surface area contributed by atoms with Crippen molar-refractivity contribution in [1.29, 1.82) is 0 Å². The molecule has 0 aliphatic carbocycles. The van der Waals surface area contributed by atoms with Crippen molar-refractivity contribution in [3.8, 4) is 0 Å². The average molecular weight is 412 g/mol. The Hall–Kier alpha value is 1.38. The molecule has 0 saturated carbocycles. The van der Waals surface area contributed by atoms with Crippen molar-refractivity contribution in [2.75, 3.05) is 42.3 Å². The Kier molecular flexibility index (Phi) is 4.53. The molecule has 0 rings (SSSR count). The molecule has 80 valence electrons. The van der Waals surface area contributed by atoms with Crippen LogP contribution in [0.4, 0.5) is 0 Å². The van der Waals surface area contributed by atoms with E-state index < -0.39 is 0 Å². The van der Waals surface area contributed by atoms with Gasteiger partial charge in [0.15, 0.2) is 6.04 Å². The highest BCUT2D eigenvalue weighted by Crippen LogP contribution is 2.41. The maximum atomic E-state index is 2.58. The summed E-state index contributed by atoms with van der Waals surface area (Å²) in [6.07, 6.45) is 0. The first-order valence-corrected chi connectivity index (χ1v) is 6.57. The maximum Gasteiger partial charge on any atom is 0.249 e. The summed E-state index contributed by atoms with van der Waals surface area (Å²) in [6.45, 7) is 2.32. The van der Waals surface area contributed by atoms with Crippen molar-refractivity contribution in [3.63, 3.8) is 0 Å². The number of halogens is 2. The summed E-state index contributed by atoms with van der Waals surface area (Å²) in [7, 11) is 13.5. The van der Waals surface area contributed by atoms with Crippen LogP contribution < -0.4 is 0 Å². The van der Waals surface area contributed by atoms with E-state index >= 15 is 0 Å². The van der Waals surface area contributed by atoms with E-state index in [1.807, 2.05) is 0 Å². The van der Waals surface area contributed by atoms with Gasteiger partial charge in [0.05, 0.1) is 42.3 Å². The van der Waals surface area contributed by atoms with Crippen molar-refractivity contribution < 1.29 is 8.97 Å². The molecule has 0 radical (unpaired) electrons. The zero-order valence-corrected chi connectivity index (χ0v) is 14.0. The topological polar surface area (TPSA) is 0 Å². The van der Waals surface area contributed by atoms with Crippen LogP contribution in [-0.4, -0.2) is 58.8 Å². The van der Waals surface area contributed by atoms with E-state index in [2.05, 4.69) is 94.4 Å². The van der Waals surface area contributed by atoms with Crippen LogP contribution >= 0.6 is 45.2 Å². The van der Waals surface area contributed by atoms with Gasteiger partial charge in [-0.25, -0.2) is 0 Å². The Labute approximate surface area is 110 Å². The summed E-state index contributed by atoms with van der Waals surface area (Å²) >= 11 is 5.15. The lowest BCUT2D eigenvalue weighted by Gasteiger charge is -2.46. The van der Waals surface area contributed by atoms with Crippen molar-refractivity contribution in [2.45, 2.75) is 14.5 Å². The zero-order valence-electron chi connectivity index (χ0n) is 9.73. The van der Waals surface area contributed by atoms with Gasteiger partial charge in [0.2, 0.25) is 1.55 Å². The number of rotatable bonds is 3. The van der Waals surface area contributed by atoms with Crippen LogP contribution in [0, 0.1) is 0 Å². The lowest BCUT2D eigenvalue weighted by Crippen LogP contribution is -2.63. The Balaban J connectivity index is 4.86. The molecule has 0 N–H and O–H groups in total. The highest BCUT2D eigenvalue weighted by Gasteiger charge is 2.49. The second-order valence-electron chi connectivity index (χ2n) is 5.39. The van der Waals surface area contributed by atoms with Crippen LogP contribution in [0.3, 0.4) is 0 Å². The molecule has 1 unspecified atom stereocenters. The number of likely N-dealkylation sites (N-methyl/N-ethyl adjacent to an activating group) is 2. The molecule has 0 aliphatic rings. The molecule has 0 aromatic rings. The van der Waals surface area contributed by atoms with Gasteiger partial charge in [-0.15, -0.1) is 0 Å². The number of hydrogen-bond acceptors (Lipinski definition) is 0. The van der Waals surface area contributed by atoms with E-state index in [9.17, 15) is 0 Å². The van der Waals surface area contributed by atoms with Crippen LogP contribution in [0.2, 0.25) is 0 Å². The summed E-state index contributed by atoms with van der Waals surface area (Å²) in [4.78, 5) is 0. The summed E-state index contributed by atoms with van der Waals surface area (Å²) < 4.78 is 2.21. The molecular weight excluding hydrogens is 390 g/mol. The zero-order chi connectivity index (χ0) is 11.1. The van der Waals surface area contributed by atoms with Crippen LogP contribution in [-0.2, 0) is 0 Å². The number of hydrogen-bond donors (Lipinski definition) is 0. The Morgan fingerprint density at radius 3 is 1.31 bits per heavy atom. The first kappa shape index (κ1) is 14.4. The van der Waals surface area contributed by atoms with Gasteiger partial charge in [-0.1, -0.05) is 0 Å². The highest BCUT2D eigenvalue weighted by atomic mass is 127. The highest BCUT2D eigenvalue weighted by molar-refractivity contribution is 14.2. The number of quaternary nitrogens is 2. The second-order valence-corrected chi connectivity index (χ2v) is 10.7. The largest absolute Gasteiger partial charge is 0.322 e. The van der Waals surface area contributed by atoms with Gasteiger partial charge < -0.3 is 8.97 Å². The summed E-state index contributed by atoms with van der Waals surface area (Å²) in [5.41, 5.74) is 0. The van der Waals surface area contributed by atoms with Crippen molar-refractivity contribution in [2.24, 2.45) is 0 Å². The van der Waals surface area contributed by atoms with E-state index in [0.717, 1.165) is 8.97 Å². The van der Waals surface area contributed by atoms with Gasteiger partial charge in [0.1, 0.15) is 0 Å². The predicted molar refractivity (Wildman–Crippen MR) is 76.3 cm³/mol. The molecule has 4 heteroatoms. The average Bonchev–Trinajstić information content (AvgIpc) is 1.81. The normalized spacial score (nSPS) is 17.3. The maximum absolute atomic E-state index is 2.58. The second kappa shape index (κ2) is 4.09. The van der Waals surface area contributed by atoms with Crippen LogP contribution in [0.1, 0.15) is 6.92 Å². The summed E-state index contributed by atoms with van der Waals surface area (Å²) in [6, 6.07) is 0.605. The molecule has 0 saturated heterocycles. The molecule has 0 aliphatic heterocycles. The van der Waals surface area contributed by atoms with Crippen molar-refractivity contribution in [1.82, 2.24) is 0 Å². The van der Waals surface area contributed by atoms with E-state index in [-0.39, 0.29) is 1.55 Å². The first-order chi connectivity index (χ1) is 5.40. The van der Waals surface area contributed by atoms with Crippen LogP contribution in [0.5, 0.6) is 0 Å². The van der Waals surface area contributed by atoms with Gasteiger partial charge in [-0.05, 0) is 6.92 Å². The third-order valence-electron chi connectivity index (χ3n) is 2.56. The molecular formula is C9H22I2N2+2. The Bertz CT molecular complexity index is 177. The number of alkyl halides is 2. The quantitative estimate of drug-likeness (QED) is 0.289. The molecule has 0 amide bonds. The fraction of sp³-hybridized carbons (Fsp3) is 1.00. The van der Waals surface area contributed by atoms with E-state index in [0.29, 0.717) is 6.04 Å². The standard InChI is InChI=1S/C9H22I2N2/c1-8(12(2,3)4)9(10,11)13(5,6)7/h8H,1-7H3/q+2. The Morgan fingerprint density at radius 1 is 0.923 bits per heavy atom. The molecule has 0 aromatic carbocycles. The smallest absolute Gasteiger partial charge is 0.249 e. The number of nitrogens with zero attached hydrogens (tertiary/aromatic N) is 2. The minimum absolute atomic E-state index is 0.230. The SMILES string of the molecule is CC(C(I)(I)[N+](C)(C)C)[N+](C)(C)C. The van der Waals surface area contributed by atoms with Crippen molar-refractivity contribution in [3.05, 3.63) is 0 Å². The third-order valence-corrected chi connectivity index (χ3v) is 7.26. The monoisotopic (exact) mass is 412 g/mol. The van der Waals surface area contributed by atoms with E-state index in [1.54, 1.807) is 0 Å². The summed E-state index contributed by atoms with van der Waals surface area (Å²) in [5, 5.41) is 0. The van der Waals surface area contributed by atoms with Gasteiger partial charge >= 0.3 is 0 Å². The van der Waals surface area contributed by atoms with Crippen LogP contribution in [0.15, 0.2) is 0 Å². The molecule has 0 bridgehead atoms.